The average Bonchev–Trinajstić information content (AvgIpc) is 2.91. The lowest BCUT2D eigenvalue weighted by Gasteiger charge is -2.33. The average molecular weight is 492 g/mol. The van der Waals surface area contributed by atoms with Crippen molar-refractivity contribution < 1.29 is 19.8 Å². The summed E-state index contributed by atoms with van der Waals surface area (Å²) in [5.41, 5.74) is 2.71. The van der Waals surface area contributed by atoms with Gasteiger partial charge in [0.25, 0.3) is 5.56 Å². The van der Waals surface area contributed by atoms with Crippen molar-refractivity contribution in [2.45, 2.75) is 12.8 Å². The molecular formula is C29H21N3O5. The standard InChI is InChI=1S/C29H21N3O5/c33-27-20-5-1-4-18-22(31-13-11-15(12-14-31)28(34)35)10-8-19(24(18)20)26-30-21-9-7-17(29(36)37)16-3-2-6-23(25(16)21)32(26)27/h1-10,15H,11-14H2,(H,34,35)(H,36,37). The third kappa shape index (κ3) is 2.95. The fourth-order valence-electron chi connectivity index (χ4n) is 6.02. The number of carboxylic acid groups (broad SMARTS) is 2. The van der Waals surface area contributed by atoms with Crippen LogP contribution in [0.15, 0.2) is 65.5 Å². The molecule has 1 saturated heterocycles. The summed E-state index contributed by atoms with van der Waals surface area (Å²) in [7, 11) is 0. The number of anilines is 1. The molecule has 2 aromatic heterocycles. The number of rotatable bonds is 3. The second-order valence-corrected chi connectivity index (χ2v) is 9.67. The predicted molar refractivity (Wildman–Crippen MR) is 142 cm³/mol. The largest absolute Gasteiger partial charge is 0.481 e. The summed E-state index contributed by atoms with van der Waals surface area (Å²) < 4.78 is 1.59. The van der Waals surface area contributed by atoms with Crippen LogP contribution in [-0.2, 0) is 4.79 Å². The van der Waals surface area contributed by atoms with Crippen molar-refractivity contribution in [2.75, 3.05) is 18.0 Å². The van der Waals surface area contributed by atoms with E-state index in [1.54, 1.807) is 28.7 Å². The van der Waals surface area contributed by atoms with Crippen LogP contribution in [0.1, 0.15) is 23.2 Å². The lowest BCUT2D eigenvalue weighted by atomic mass is 9.94. The number of piperidine rings is 1. The highest BCUT2D eigenvalue weighted by molar-refractivity contribution is 6.21. The molecule has 4 aromatic carbocycles. The van der Waals surface area contributed by atoms with Crippen LogP contribution in [-0.4, -0.2) is 44.6 Å². The first-order valence-electron chi connectivity index (χ1n) is 12.2. The van der Waals surface area contributed by atoms with E-state index in [1.807, 2.05) is 36.4 Å². The first kappa shape index (κ1) is 21.6. The quantitative estimate of drug-likeness (QED) is 0.272. The number of aromatic carboxylic acids is 1. The Kier molecular flexibility index (Phi) is 4.45. The van der Waals surface area contributed by atoms with Crippen LogP contribution in [0.25, 0.3) is 49.0 Å². The van der Waals surface area contributed by atoms with Crippen molar-refractivity contribution in [3.8, 4) is 0 Å². The van der Waals surface area contributed by atoms with Gasteiger partial charge < -0.3 is 15.1 Å². The molecule has 2 N–H and O–H groups in total. The zero-order valence-electron chi connectivity index (χ0n) is 19.6. The van der Waals surface area contributed by atoms with Crippen molar-refractivity contribution in [3.05, 3.63) is 76.6 Å². The van der Waals surface area contributed by atoms with E-state index < -0.39 is 11.9 Å². The van der Waals surface area contributed by atoms with Crippen LogP contribution in [0.4, 0.5) is 5.69 Å². The predicted octanol–water partition coefficient (Wildman–Crippen LogP) is 4.74. The molecule has 0 atom stereocenters. The molecule has 8 nitrogen and oxygen atoms in total. The Labute approximate surface area is 209 Å². The Morgan fingerprint density at radius 1 is 0.811 bits per heavy atom. The van der Waals surface area contributed by atoms with Crippen LogP contribution in [0.3, 0.4) is 0 Å². The molecule has 0 bridgehead atoms. The van der Waals surface area contributed by atoms with Crippen molar-refractivity contribution in [1.29, 1.82) is 0 Å². The third-order valence-electron chi connectivity index (χ3n) is 7.78. The second kappa shape index (κ2) is 7.64. The molecular weight excluding hydrogens is 470 g/mol. The molecule has 3 heterocycles. The highest BCUT2D eigenvalue weighted by Crippen LogP contribution is 2.38. The van der Waals surface area contributed by atoms with Gasteiger partial charge in [0.15, 0.2) is 0 Å². The molecule has 182 valence electrons. The van der Waals surface area contributed by atoms with Crippen LogP contribution in [0, 0.1) is 5.92 Å². The topological polar surface area (TPSA) is 112 Å². The summed E-state index contributed by atoms with van der Waals surface area (Å²) in [5.74, 6) is -2.10. The minimum Gasteiger partial charge on any atom is -0.481 e. The van der Waals surface area contributed by atoms with Gasteiger partial charge in [0, 0.05) is 51.1 Å². The number of benzene rings is 4. The normalized spacial score (nSPS) is 15.0. The number of nitrogens with zero attached hydrogens (tertiary/aromatic N) is 3. The smallest absolute Gasteiger partial charge is 0.336 e. The molecule has 1 aliphatic rings. The summed E-state index contributed by atoms with van der Waals surface area (Å²) >= 11 is 0. The van der Waals surface area contributed by atoms with Crippen molar-refractivity contribution in [2.24, 2.45) is 5.92 Å². The second-order valence-electron chi connectivity index (χ2n) is 9.67. The number of pyridine rings is 1. The molecule has 8 heteroatoms. The van der Waals surface area contributed by atoms with E-state index in [0.29, 0.717) is 58.8 Å². The van der Waals surface area contributed by atoms with Crippen LogP contribution < -0.4 is 10.5 Å². The summed E-state index contributed by atoms with van der Waals surface area (Å²) in [5, 5.41) is 23.4. The number of aliphatic carboxylic acids is 1. The van der Waals surface area contributed by atoms with Crippen molar-refractivity contribution in [3.63, 3.8) is 0 Å². The van der Waals surface area contributed by atoms with Gasteiger partial charge in [-0.2, -0.15) is 0 Å². The number of hydrogen-bond donors (Lipinski definition) is 2. The van der Waals surface area contributed by atoms with E-state index in [4.69, 9.17) is 4.98 Å². The van der Waals surface area contributed by atoms with E-state index in [9.17, 15) is 24.6 Å². The van der Waals surface area contributed by atoms with E-state index in [2.05, 4.69) is 4.90 Å². The van der Waals surface area contributed by atoms with Crippen LogP contribution in [0.5, 0.6) is 0 Å². The fraction of sp³-hybridized carbons (Fsp3) is 0.172. The molecule has 0 radical (unpaired) electrons. The number of aromatic nitrogens is 2. The molecule has 1 fully saturated rings. The number of carboxylic acids is 2. The summed E-state index contributed by atoms with van der Waals surface area (Å²) in [6.07, 6.45) is 1.16. The molecule has 37 heavy (non-hydrogen) atoms. The van der Waals surface area contributed by atoms with Gasteiger partial charge in [-0.25, -0.2) is 9.78 Å². The van der Waals surface area contributed by atoms with Crippen molar-refractivity contribution >= 4 is 66.6 Å². The number of hydrogen-bond acceptors (Lipinski definition) is 5. The fourth-order valence-corrected chi connectivity index (χ4v) is 6.02. The SMILES string of the molecule is O=C(O)c1ccc2nc3c4ccc(N5CCC(C(=O)O)CC5)c5cccc(c(=O)n3c3cccc1c23)c54. The Morgan fingerprint density at radius 3 is 2.30 bits per heavy atom. The molecule has 0 amide bonds. The Bertz CT molecular complexity index is 1990. The van der Waals surface area contributed by atoms with Gasteiger partial charge in [-0.1, -0.05) is 24.3 Å². The maximum Gasteiger partial charge on any atom is 0.336 e. The number of fused-ring (bicyclic) bond motifs is 3. The van der Waals surface area contributed by atoms with Gasteiger partial charge in [0.1, 0.15) is 5.65 Å². The highest BCUT2D eigenvalue weighted by Gasteiger charge is 2.26. The first-order chi connectivity index (χ1) is 17.9. The monoisotopic (exact) mass is 491 g/mol. The summed E-state index contributed by atoms with van der Waals surface area (Å²) in [6, 6.07) is 18.3. The molecule has 6 aromatic rings. The van der Waals surface area contributed by atoms with E-state index in [0.717, 1.165) is 21.8 Å². The molecule has 0 aliphatic carbocycles. The van der Waals surface area contributed by atoms with Gasteiger partial charge in [0.2, 0.25) is 0 Å². The zero-order valence-corrected chi connectivity index (χ0v) is 19.6. The number of carbonyl (C=O) groups is 2. The van der Waals surface area contributed by atoms with Gasteiger partial charge in [-0.15, -0.1) is 0 Å². The van der Waals surface area contributed by atoms with Crippen LogP contribution >= 0.6 is 0 Å². The van der Waals surface area contributed by atoms with E-state index >= 15 is 0 Å². The lowest BCUT2D eigenvalue weighted by molar-refractivity contribution is -0.142. The summed E-state index contributed by atoms with van der Waals surface area (Å²) in [6.45, 7) is 1.27. The minimum absolute atomic E-state index is 0.169. The van der Waals surface area contributed by atoms with E-state index in [-0.39, 0.29) is 17.0 Å². The summed E-state index contributed by atoms with van der Waals surface area (Å²) in [4.78, 5) is 44.3. The Balaban J connectivity index is 1.54. The molecule has 0 saturated carbocycles. The Morgan fingerprint density at radius 2 is 1.54 bits per heavy atom. The lowest BCUT2D eigenvalue weighted by Crippen LogP contribution is -2.36. The van der Waals surface area contributed by atoms with Gasteiger partial charge in [0.05, 0.1) is 22.5 Å². The highest BCUT2D eigenvalue weighted by atomic mass is 16.4. The molecule has 1 aliphatic heterocycles. The first-order valence-corrected chi connectivity index (χ1v) is 12.2. The van der Waals surface area contributed by atoms with Crippen LogP contribution in [0.2, 0.25) is 0 Å². The zero-order chi connectivity index (χ0) is 25.4. The van der Waals surface area contributed by atoms with E-state index in [1.165, 1.54) is 0 Å². The molecule has 7 rings (SSSR count). The van der Waals surface area contributed by atoms with Crippen molar-refractivity contribution in [1.82, 2.24) is 9.38 Å². The maximum absolute atomic E-state index is 14.0. The minimum atomic E-state index is -1.03. The van der Waals surface area contributed by atoms with Gasteiger partial charge >= 0.3 is 11.9 Å². The maximum atomic E-state index is 14.0. The molecule has 0 unspecified atom stereocenters. The van der Waals surface area contributed by atoms with Gasteiger partial charge in [-0.3, -0.25) is 14.0 Å². The Hall–Kier alpha value is -4.72. The van der Waals surface area contributed by atoms with Gasteiger partial charge in [-0.05, 0) is 49.2 Å². The molecule has 0 spiro atoms. The third-order valence-corrected chi connectivity index (χ3v) is 7.78.